The predicted molar refractivity (Wildman–Crippen MR) is 200 cm³/mol. The van der Waals surface area contributed by atoms with Crippen molar-refractivity contribution in [2.75, 3.05) is 0 Å². The summed E-state index contributed by atoms with van der Waals surface area (Å²) in [5.41, 5.74) is 3.31. The van der Waals surface area contributed by atoms with Gasteiger partial charge in [-0.3, -0.25) is 9.80 Å². The molecule has 1 aromatic carbocycles. The van der Waals surface area contributed by atoms with Crippen LogP contribution in [0, 0.1) is 47.3 Å². The van der Waals surface area contributed by atoms with Crippen LogP contribution >= 0.6 is 0 Å². The summed E-state index contributed by atoms with van der Waals surface area (Å²) in [6.07, 6.45) is 24.1. The lowest BCUT2D eigenvalue weighted by Gasteiger charge is -2.55. The van der Waals surface area contributed by atoms with Gasteiger partial charge in [0.2, 0.25) is 0 Å². The van der Waals surface area contributed by atoms with Crippen molar-refractivity contribution >= 4 is 0 Å². The second-order valence-corrected chi connectivity index (χ2v) is 20.9. The third-order valence-corrected chi connectivity index (χ3v) is 17.9. The summed E-state index contributed by atoms with van der Waals surface area (Å²) in [6.45, 7) is 10.0. The topological polar surface area (TPSA) is 24.9 Å². The molecule has 6 aliphatic carbocycles. The van der Waals surface area contributed by atoms with Crippen molar-refractivity contribution in [1.29, 1.82) is 0 Å². The highest BCUT2D eigenvalue weighted by Gasteiger charge is 2.62. The van der Waals surface area contributed by atoms with Gasteiger partial charge in [0.1, 0.15) is 0 Å². The number of nitrogens with zero attached hydrogens (tertiary/aromatic N) is 2. The van der Waals surface area contributed by atoms with Gasteiger partial charge in [-0.05, 0) is 173 Å². The van der Waals surface area contributed by atoms with Crippen LogP contribution in [-0.4, -0.2) is 70.5 Å². The van der Waals surface area contributed by atoms with Crippen LogP contribution in [0.25, 0.3) is 0 Å². The molecule has 0 bridgehead atoms. The zero-order valence-electron chi connectivity index (χ0n) is 31.9. The van der Waals surface area contributed by atoms with E-state index in [0.717, 1.165) is 71.3 Å². The lowest BCUT2D eigenvalue weighted by molar-refractivity contribution is -0.187. The molecule has 6 saturated carbocycles. The van der Waals surface area contributed by atoms with E-state index in [1.165, 1.54) is 103 Å². The summed E-state index contributed by atoms with van der Waals surface area (Å²) in [4.78, 5) is 6.29. The summed E-state index contributed by atoms with van der Waals surface area (Å²) in [6, 6.07) is 14.9. The zero-order valence-corrected chi connectivity index (χ0v) is 31.9. The predicted octanol–water partition coefficient (Wildman–Crippen LogP) is 9.56. The molecular weight excluding hydrogens is 613 g/mol. The second kappa shape index (κ2) is 12.3. The summed E-state index contributed by atoms with van der Waals surface area (Å²) >= 11 is 0. The van der Waals surface area contributed by atoms with Gasteiger partial charge < -0.3 is 9.47 Å². The van der Waals surface area contributed by atoms with Crippen LogP contribution in [0.3, 0.4) is 0 Å². The van der Waals surface area contributed by atoms with Crippen molar-refractivity contribution < 1.29 is 9.47 Å². The normalized spacial score (nSPS) is 55.6. The van der Waals surface area contributed by atoms with E-state index in [-0.39, 0.29) is 0 Å². The Morgan fingerprint density at radius 2 is 0.800 bits per heavy atom. The average Bonchev–Trinajstić information content (AvgIpc) is 3.61. The lowest BCUT2D eigenvalue weighted by Crippen LogP contribution is -2.64. The van der Waals surface area contributed by atoms with Gasteiger partial charge in [0.15, 0.2) is 0 Å². The highest BCUT2D eigenvalue weighted by atomic mass is 16.5. The first kappa shape index (κ1) is 32.5. The Labute approximate surface area is 304 Å². The van der Waals surface area contributed by atoms with E-state index in [9.17, 15) is 0 Å². The minimum Gasteiger partial charge on any atom is -0.372 e. The molecule has 20 unspecified atom stereocenters. The van der Waals surface area contributed by atoms with Gasteiger partial charge in [-0.1, -0.05) is 52.0 Å². The largest absolute Gasteiger partial charge is 0.372 e. The Morgan fingerprint density at radius 3 is 1.24 bits per heavy atom. The molecule has 274 valence electrons. The fraction of sp³-hybridized carbons (Fsp3) is 0.870. The van der Waals surface area contributed by atoms with Gasteiger partial charge in [0, 0.05) is 36.3 Å². The lowest BCUT2D eigenvalue weighted by atomic mass is 9.66. The Balaban J connectivity index is 0.801. The SMILES string of the molecule is CC1CCC2C(C1)OC1CC(C)CC3C4CC(c5ccc(C6CCC7C(C6)C6CC(C)CC8OC9CC(C)CCC9N7C86)cc5)CCC4N2C13. The van der Waals surface area contributed by atoms with E-state index in [4.69, 9.17) is 9.47 Å². The minimum absolute atomic E-state index is 0.498. The van der Waals surface area contributed by atoms with E-state index >= 15 is 0 Å². The van der Waals surface area contributed by atoms with Crippen molar-refractivity contribution in [1.82, 2.24) is 9.80 Å². The van der Waals surface area contributed by atoms with Crippen molar-refractivity contribution in [2.24, 2.45) is 47.3 Å². The highest BCUT2D eigenvalue weighted by Crippen LogP contribution is 2.59. The number of fused-ring (bicyclic) bond motifs is 10. The molecule has 50 heavy (non-hydrogen) atoms. The van der Waals surface area contributed by atoms with Crippen molar-refractivity contribution in [3.63, 3.8) is 0 Å². The standard InChI is InChI=1S/C46H68N2O2/c1-25-5-13-39-41(19-25)49-43-21-27(3)17-35-33-23-31(11-15-37(33)47(39)45(35)43)29-7-9-30(10-8-29)32-12-16-38-34(24-32)36-18-28(4)22-44-46(36)48(38)40-14-6-26(2)20-42(40)50-44/h7-10,25-28,31-46H,5-6,11-24H2,1-4H3. The van der Waals surface area contributed by atoms with Crippen molar-refractivity contribution in [3.05, 3.63) is 35.4 Å². The first-order valence-corrected chi connectivity index (χ1v) is 22.3. The van der Waals surface area contributed by atoms with Crippen LogP contribution in [0.4, 0.5) is 0 Å². The molecule has 4 heteroatoms. The Hall–Kier alpha value is -0.940. The molecule has 0 aromatic heterocycles. The summed E-state index contributed by atoms with van der Waals surface area (Å²) in [5, 5.41) is 0. The summed E-state index contributed by atoms with van der Waals surface area (Å²) in [7, 11) is 0. The molecule has 0 radical (unpaired) electrons. The highest BCUT2D eigenvalue weighted by molar-refractivity contribution is 5.30. The molecule has 0 amide bonds. The van der Waals surface area contributed by atoms with Gasteiger partial charge >= 0.3 is 0 Å². The monoisotopic (exact) mass is 681 g/mol. The average molecular weight is 681 g/mol. The van der Waals surface area contributed by atoms with Gasteiger partial charge in [-0.25, -0.2) is 0 Å². The maximum absolute atomic E-state index is 7.06. The number of hydrogen-bond donors (Lipinski definition) is 0. The van der Waals surface area contributed by atoms with Crippen LogP contribution in [0.15, 0.2) is 24.3 Å². The quantitative estimate of drug-likeness (QED) is 0.311. The fourth-order valence-corrected chi connectivity index (χ4v) is 16.1. The molecule has 20 atom stereocenters. The number of rotatable bonds is 2. The van der Waals surface area contributed by atoms with E-state index in [1.54, 1.807) is 11.1 Å². The molecule has 10 fully saturated rings. The molecule has 10 aliphatic rings. The van der Waals surface area contributed by atoms with E-state index in [2.05, 4.69) is 61.8 Å². The van der Waals surface area contributed by atoms with Gasteiger partial charge in [0.25, 0.3) is 0 Å². The van der Waals surface area contributed by atoms with Crippen LogP contribution < -0.4 is 0 Å². The zero-order chi connectivity index (χ0) is 33.4. The molecular formula is C46H68N2O2. The van der Waals surface area contributed by atoms with E-state index in [0.29, 0.717) is 48.6 Å². The second-order valence-electron chi connectivity index (χ2n) is 20.9. The van der Waals surface area contributed by atoms with Gasteiger partial charge in [-0.15, -0.1) is 0 Å². The van der Waals surface area contributed by atoms with Gasteiger partial charge in [0.05, 0.1) is 24.4 Å². The minimum atomic E-state index is 0.498. The third kappa shape index (κ3) is 5.02. The van der Waals surface area contributed by atoms with Crippen molar-refractivity contribution in [2.45, 2.75) is 203 Å². The third-order valence-electron chi connectivity index (χ3n) is 17.9. The first-order valence-electron chi connectivity index (χ1n) is 22.3. The molecule has 4 saturated heterocycles. The van der Waals surface area contributed by atoms with Crippen LogP contribution in [0.5, 0.6) is 0 Å². The van der Waals surface area contributed by atoms with Crippen molar-refractivity contribution in [3.8, 4) is 0 Å². The molecule has 1 aromatic rings. The molecule has 0 N–H and O–H groups in total. The Kier molecular flexibility index (Phi) is 7.99. The fourth-order valence-electron chi connectivity index (χ4n) is 16.1. The van der Waals surface area contributed by atoms with E-state index < -0.39 is 0 Å². The number of morpholine rings is 2. The maximum Gasteiger partial charge on any atom is 0.0740 e. The number of ether oxygens (including phenoxy) is 2. The number of hydrogen-bond acceptors (Lipinski definition) is 4. The Bertz CT molecular complexity index is 1310. The molecule has 0 spiro atoms. The molecule has 4 aliphatic heterocycles. The smallest absolute Gasteiger partial charge is 0.0740 e. The van der Waals surface area contributed by atoms with E-state index in [1.807, 2.05) is 0 Å². The maximum atomic E-state index is 7.06. The first-order chi connectivity index (χ1) is 24.4. The van der Waals surface area contributed by atoms with Crippen LogP contribution in [0.2, 0.25) is 0 Å². The molecule has 4 nitrogen and oxygen atoms in total. The summed E-state index contributed by atoms with van der Waals surface area (Å²) in [5.74, 6) is 8.27. The molecule has 4 heterocycles. The molecule has 11 rings (SSSR count). The van der Waals surface area contributed by atoms with Crippen LogP contribution in [0.1, 0.15) is 153 Å². The van der Waals surface area contributed by atoms with Gasteiger partial charge in [-0.2, -0.15) is 0 Å². The number of benzene rings is 1. The van der Waals surface area contributed by atoms with Crippen LogP contribution in [-0.2, 0) is 9.47 Å². The Morgan fingerprint density at radius 1 is 0.400 bits per heavy atom. The summed E-state index contributed by atoms with van der Waals surface area (Å²) < 4.78 is 14.1.